The molecule has 0 aliphatic heterocycles. The molecule has 1 aromatic carbocycles. The fourth-order valence-electron chi connectivity index (χ4n) is 0.857. The Hall–Kier alpha value is -0.740. The van der Waals surface area contributed by atoms with E-state index < -0.39 is 23.6 Å². The van der Waals surface area contributed by atoms with E-state index in [0.717, 1.165) is 0 Å². The van der Waals surface area contributed by atoms with Gasteiger partial charge in [-0.15, -0.1) is 11.6 Å². The summed E-state index contributed by atoms with van der Waals surface area (Å²) in [5.41, 5.74) is -0.0774. The van der Waals surface area contributed by atoms with Crippen LogP contribution in [0.3, 0.4) is 0 Å². The van der Waals surface area contributed by atoms with Crippen molar-refractivity contribution in [1.29, 1.82) is 0 Å². The summed E-state index contributed by atoms with van der Waals surface area (Å²) in [6, 6.07) is 1.43. The zero-order chi connectivity index (χ0) is 10.0. The summed E-state index contributed by atoms with van der Waals surface area (Å²) in [4.78, 5) is 0. The lowest BCUT2D eigenvalue weighted by Gasteiger charge is -2.07. The predicted octanol–water partition coefficient (Wildman–Crippen LogP) is 2.38. The van der Waals surface area contributed by atoms with Crippen molar-refractivity contribution in [3.05, 3.63) is 35.1 Å². The molecule has 1 N–H and O–H groups in total. The first kappa shape index (κ1) is 10.3. The molecule has 0 fully saturated rings. The molecule has 0 radical (unpaired) electrons. The van der Waals surface area contributed by atoms with Crippen molar-refractivity contribution in [3.8, 4) is 0 Å². The first-order valence-corrected chi connectivity index (χ1v) is 3.98. The highest BCUT2D eigenvalue weighted by molar-refractivity contribution is 6.18. The number of benzene rings is 1. The van der Waals surface area contributed by atoms with Crippen LogP contribution in [-0.4, -0.2) is 11.0 Å². The van der Waals surface area contributed by atoms with E-state index in [4.69, 9.17) is 16.7 Å². The second-order valence-electron chi connectivity index (χ2n) is 2.47. The van der Waals surface area contributed by atoms with Crippen molar-refractivity contribution in [2.24, 2.45) is 0 Å². The number of aliphatic hydroxyl groups excluding tert-OH is 1. The van der Waals surface area contributed by atoms with Crippen molar-refractivity contribution >= 4 is 11.6 Å². The molecule has 1 nitrogen and oxygen atoms in total. The van der Waals surface area contributed by atoms with Gasteiger partial charge >= 0.3 is 0 Å². The van der Waals surface area contributed by atoms with Gasteiger partial charge in [-0.2, -0.15) is 0 Å². The Morgan fingerprint density at radius 2 is 1.69 bits per heavy atom. The maximum atomic E-state index is 12.6. The second-order valence-corrected chi connectivity index (χ2v) is 2.78. The highest BCUT2D eigenvalue weighted by atomic mass is 35.5. The quantitative estimate of drug-likeness (QED) is 0.587. The van der Waals surface area contributed by atoms with E-state index in [0.29, 0.717) is 12.1 Å². The monoisotopic (exact) mass is 210 g/mol. The average Bonchev–Trinajstić information content (AvgIpc) is 2.12. The van der Waals surface area contributed by atoms with Crippen molar-refractivity contribution in [2.75, 3.05) is 5.88 Å². The molecule has 0 saturated carbocycles. The third-order valence-electron chi connectivity index (χ3n) is 1.54. The first-order valence-electron chi connectivity index (χ1n) is 3.44. The standard InChI is InChI=1S/C8H6ClF3O/c9-3-7(13)4-1-5(10)8(12)6(11)2-4/h1-2,7,13H,3H2/t7-/m0/s1. The van der Waals surface area contributed by atoms with Gasteiger partial charge in [-0.1, -0.05) is 0 Å². The summed E-state index contributed by atoms with van der Waals surface area (Å²) in [5, 5.41) is 9.08. The fraction of sp³-hybridized carbons (Fsp3) is 0.250. The molecule has 0 aliphatic carbocycles. The topological polar surface area (TPSA) is 20.2 Å². The van der Waals surface area contributed by atoms with Crippen LogP contribution in [0.5, 0.6) is 0 Å². The van der Waals surface area contributed by atoms with E-state index in [1.165, 1.54) is 0 Å². The van der Waals surface area contributed by atoms with Crippen LogP contribution in [0.2, 0.25) is 0 Å². The van der Waals surface area contributed by atoms with Crippen molar-refractivity contribution in [1.82, 2.24) is 0 Å². The van der Waals surface area contributed by atoms with Crippen LogP contribution in [0.4, 0.5) is 13.2 Å². The minimum atomic E-state index is -1.55. The molecule has 0 aliphatic rings. The molecule has 0 unspecified atom stereocenters. The van der Waals surface area contributed by atoms with Crippen molar-refractivity contribution in [2.45, 2.75) is 6.10 Å². The molecule has 5 heteroatoms. The summed E-state index contributed by atoms with van der Waals surface area (Å²) in [6.45, 7) is 0. The maximum Gasteiger partial charge on any atom is 0.194 e. The SMILES string of the molecule is O[C@@H](CCl)c1cc(F)c(F)c(F)c1. The third kappa shape index (κ3) is 2.14. The number of aliphatic hydroxyl groups is 1. The largest absolute Gasteiger partial charge is 0.387 e. The molecular weight excluding hydrogens is 205 g/mol. The zero-order valence-corrected chi connectivity index (χ0v) is 7.15. The van der Waals surface area contributed by atoms with Crippen LogP contribution < -0.4 is 0 Å². The minimum Gasteiger partial charge on any atom is -0.387 e. The van der Waals surface area contributed by atoms with Crippen molar-refractivity contribution in [3.63, 3.8) is 0 Å². The average molecular weight is 211 g/mol. The van der Waals surface area contributed by atoms with E-state index in [9.17, 15) is 13.2 Å². The summed E-state index contributed by atoms with van der Waals surface area (Å²) < 4.78 is 37.5. The molecule has 1 aromatic rings. The van der Waals surface area contributed by atoms with Gasteiger partial charge in [-0.3, -0.25) is 0 Å². The van der Waals surface area contributed by atoms with Crippen LogP contribution in [0, 0.1) is 17.5 Å². The van der Waals surface area contributed by atoms with Crippen LogP contribution >= 0.6 is 11.6 Å². The molecule has 1 atom stereocenters. The Labute approximate surface area is 77.8 Å². The lowest BCUT2D eigenvalue weighted by molar-refractivity contribution is 0.201. The van der Waals surface area contributed by atoms with Crippen LogP contribution in [0.25, 0.3) is 0 Å². The van der Waals surface area contributed by atoms with E-state index in [2.05, 4.69) is 0 Å². The summed E-state index contributed by atoms with van der Waals surface area (Å²) in [6.07, 6.45) is -1.19. The summed E-state index contributed by atoms with van der Waals surface area (Å²) >= 11 is 5.24. The Bertz CT molecular complexity index is 293. The minimum absolute atomic E-state index is 0.0774. The lowest BCUT2D eigenvalue weighted by atomic mass is 10.1. The maximum absolute atomic E-state index is 12.6. The van der Waals surface area contributed by atoms with Gasteiger partial charge in [0.25, 0.3) is 0 Å². The first-order chi connectivity index (χ1) is 6.06. The van der Waals surface area contributed by atoms with E-state index >= 15 is 0 Å². The number of hydrogen-bond acceptors (Lipinski definition) is 1. The van der Waals surface area contributed by atoms with Crippen LogP contribution in [0.15, 0.2) is 12.1 Å². The van der Waals surface area contributed by atoms with Gasteiger partial charge in [0.05, 0.1) is 12.0 Å². The van der Waals surface area contributed by atoms with Gasteiger partial charge in [0, 0.05) is 0 Å². The Morgan fingerprint density at radius 1 is 1.23 bits per heavy atom. The Morgan fingerprint density at radius 3 is 2.08 bits per heavy atom. The van der Waals surface area contributed by atoms with Crippen molar-refractivity contribution < 1.29 is 18.3 Å². The molecule has 0 saturated heterocycles. The fourth-order valence-corrected chi connectivity index (χ4v) is 1.03. The molecule has 13 heavy (non-hydrogen) atoms. The highest BCUT2D eigenvalue weighted by Crippen LogP contribution is 2.19. The number of halogens is 4. The number of hydrogen-bond donors (Lipinski definition) is 1. The molecule has 1 rings (SSSR count). The second kappa shape index (κ2) is 3.98. The Balaban J connectivity index is 3.13. The third-order valence-corrected chi connectivity index (χ3v) is 1.83. The van der Waals surface area contributed by atoms with Gasteiger partial charge in [0.1, 0.15) is 0 Å². The summed E-state index contributed by atoms with van der Waals surface area (Å²) in [5.74, 6) is -4.42. The smallest absolute Gasteiger partial charge is 0.194 e. The molecule has 0 amide bonds. The molecule has 0 heterocycles. The van der Waals surface area contributed by atoms with Crippen LogP contribution in [-0.2, 0) is 0 Å². The van der Waals surface area contributed by atoms with Gasteiger partial charge in [0.15, 0.2) is 17.5 Å². The zero-order valence-electron chi connectivity index (χ0n) is 6.40. The molecule has 0 spiro atoms. The predicted molar refractivity (Wildman–Crippen MR) is 42.0 cm³/mol. The normalized spacial score (nSPS) is 13.0. The molecule has 72 valence electrons. The van der Waals surface area contributed by atoms with Gasteiger partial charge < -0.3 is 5.11 Å². The highest BCUT2D eigenvalue weighted by Gasteiger charge is 2.14. The van der Waals surface area contributed by atoms with Gasteiger partial charge in [-0.25, -0.2) is 13.2 Å². The van der Waals surface area contributed by atoms with E-state index in [-0.39, 0.29) is 11.4 Å². The van der Waals surface area contributed by atoms with Gasteiger partial charge in [-0.05, 0) is 17.7 Å². The van der Waals surface area contributed by atoms with E-state index in [1.807, 2.05) is 0 Å². The molecule has 0 bridgehead atoms. The Kier molecular flexibility index (Phi) is 3.17. The van der Waals surface area contributed by atoms with Crippen LogP contribution in [0.1, 0.15) is 11.7 Å². The summed E-state index contributed by atoms with van der Waals surface area (Å²) in [7, 11) is 0. The number of rotatable bonds is 2. The lowest BCUT2D eigenvalue weighted by Crippen LogP contribution is -2.02. The van der Waals surface area contributed by atoms with E-state index in [1.54, 1.807) is 0 Å². The molecular formula is C8H6ClF3O. The van der Waals surface area contributed by atoms with Gasteiger partial charge in [0.2, 0.25) is 0 Å². The molecule has 0 aromatic heterocycles. The number of alkyl halides is 1.